The molecule has 1 fully saturated rings. The maximum absolute atomic E-state index is 12.9. The van der Waals surface area contributed by atoms with E-state index in [0.29, 0.717) is 43.8 Å². The van der Waals surface area contributed by atoms with Gasteiger partial charge in [-0.1, -0.05) is 13.8 Å². The van der Waals surface area contributed by atoms with Crippen molar-refractivity contribution in [2.24, 2.45) is 11.8 Å². The van der Waals surface area contributed by atoms with Crippen molar-refractivity contribution >= 4 is 21.6 Å². The van der Waals surface area contributed by atoms with E-state index in [0.717, 1.165) is 6.42 Å². The largest absolute Gasteiger partial charge is 0.494 e. The molecule has 142 valence electrons. The van der Waals surface area contributed by atoms with E-state index >= 15 is 0 Å². The van der Waals surface area contributed by atoms with Gasteiger partial charge in [-0.3, -0.25) is 4.79 Å². The van der Waals surface area contributed by atoms with Gasteiger partial charge in [0.2, 0.25) is 15.8 Å². The molecule has 2 heterocycles. The van der Waals surface area contributed by atoms with Gasteiger partial charge in [0.25, 0.3) is 5.91 Å². The molecule has 1 N–H and O–H groups in total. The van der Waals surface area contributed by atoms with Crippen LogP contribution in [0.4, 0.5) is 5.69 Å². The molecule has 0 bridgehead atoms. The van der Waals surface area contributed by atoms with Gasteiger partial charge in [-0.2, -0.15) is 4.31 Å². The second-order valence-electron chi connectivity index (χ2n) is 6.95. The van der Waals surface area contributed by atoms with Crippen LogP contribution in [0.3, 0.4) is 0 Å². The van der Waals surface area contributed by atoms with Gasteiger partial charge < -0.3 is 14.8 Å². The lowest BCUT2D eigenvalue weighted by Crippen LogP contribution is -2.42. The Labute approximate surface area is 154 Å². The molecule has 0 spiro atoms. The minimum absolute atomic E-state index is 0.101. The molecule has 0 radical (unpaired) electrons. The van der Waals surface area contributed by atoms with Crippen LogP contribution in [0, 0.1) is 11.8 Å². The smallest absolute Gasteiger partial charge is 0.294 e. The molecule has 7 nitrogen and oxygen atoms in total. The molecule has 1 aromatic carbocycles. The van der Waals surface area contributed by atoms with Crippen LogP contribution >= 0.6 is 0 Å². The number of anilines is 1. The van der Waals surface area contributed by atoms with Gasteiger partial charge in [-0.25, -0.2) is 8.42 Å². The number of rotatable bonds is 4. The molecule has 2 aliphatic rings. The predicted molar refractivity (Wildman–Crippen MR) is 96.8 cm³/mol. The molecule has 0 aliphatic carbocycles. The van der Waals surface area contributed by atoms with Crippen LogP contribution in [0.25, 0.3) is 0 Å². The topological polar surface area (TPSA) is 84.9 Å². The standard InChI is InChI=1S/C18H24N2O5S/c1-13-9-14(2)11-20(10-13)26(22,23)16-5-3-15(4-6-16)19-18(21)17-12-24-7-8-25-17/h3-6,12-14H,7-11H2,1-2H3,(H,19,21)/t13-,14+. The van der Waals surface area contributed by atoms with Crippen LogP contribution in [0.1, 0.15) is 20.3 Å². The number of carbonyl (C=O) groups excluding carboxylic acids is 1. The van der Waals surface area contributed by atoms with E-state index in [-0.39, 0.29) is 10.7 Å². The van der Waals surface area contributed by atoms with E-state index in [4.69, 9.17) is 9.47 Å². The number of sulfonamides is 1. The van der Waals surface area contributed by atoms with Crippen LogP contribution in [-0.2, 0) is 24.3 Å². The summed E-state index contributed by atoms with van der Waals surface area (Å²) < 4.78 is 37.5. The summed E-state index contributed by atoms with van der Waals surface area (Å²) in [5.41, 5.74) is 0.490. The Kier molecular flexibility index (Phi) is 5.52. The number of carbonyl (C=O) groups is 1. The highest BCUT2D eigenvalue weighted by Gasteiger charge is 2.31. The molecule has 1 saturated heterocycles. The van der Waals surface area contributed by atoms with Gasteiger partial charge in [0.05, 0.1) is 4.90 Å². The highest BCUT2D eigenvalue weighted by molar-refractivity contribution is 7.89. The summed E-state index contributed by atoms with van der Waals surface area (Å²) in [7, 11) is -3.53. The first-order chi connectivity index (χ1) is 12.4. The zero-order valence-corrected chi connectivity index (χ0v) is 15.8. The van der Waals surface area contributed by atoms with Crippen molar-refractivity contribution in [2.75, 3.05) is 31.6 Å². The number of piperidine rings is 1. The van der Waals surface area contributed by atoms with Gasteiger partial charge in [0.15, 0.2) is 0 Å². The van der Waals surface area contributed by atoms with E-state index in [1.165, 1.54) is 18.4 Å². The molecule has 0 aromatic heterocycles. The van der Waals surface area contributed by atoms with E-state index < -0.39 is 15.9 Å². The van der Waals surface area contributed by atoms with E-state index in [9.17, 15) is 13.2 Å². The SMILES string of the molecule is C[C@@H]1C[C@H](C)CN(S(=O)(=O)c2ccc(NC(=O)C3=COCCO3)cc2)C1. The third-order valence-electron chi connectivity index (χ3n) is 4.46. The Morgan fingerprint density at radius 2 is 1.77 bits per heavy atom. The normalized spacial score (nSPS) is 24.2. The fourth-order valence-electron chi connectivity index (χ4n) is 3.34. The summed E-state index contributed by atoms with van der Waals surface area (Å²) in [6.07, 6.45) is 2.31. The van der Waals surface area contributed by atoms with Crippen LogP contribution < -0.4 is 5.32 Å². The fraction of sp³-hybridized carbons (Fsp3) is 0.500. The van der Waals surface area contributed by atoms with Crippen molar-refractivity contribution in [3.8, 4) is 0 Å². The molecule has 0 unspecified atom stereocenters. The molecule has 3 rings (SSSR count). The van der Waals surface area contributed by atoms with E-state index in [1.807, 2.05) is 0 Å². The Balaban J connectivity index is 1.70. The van der Waals surface area contributed by atoms with Gasteiger partial charge in [0.1, 0.15) is 19.5 Å². The van der Waals surface area contributed by atoms with Crippen molar-refractivity contribution in [3.63, 3.8) is 0 Å². The average Bonchev–Trinajstić information content (AvgIpc) is 2.62. The second-order valence-corrected chi connectivity index (χ2v) is 8.89. The van der Waals surface area contributed by atoms with E-state index in [2.05, 4.69) is 19.2 Å². The highest BCUT2D eigenvalue weighted by Crippen LogP contribution is 2.27. The molecule has 8 heteroatoms. The third kappa shape index (κ3) is 4.19. The zero-order chi connectivity index (χ0) is 18.7. The fourth-order valence-corrected chi connectivity index (χ4v) is 5.02. The van der Waals surface area contributed by atoms with Crippen molar-refractivity contribution in [1.29, 1.82) is 0 Å². The second kappa shape index (κ2) is 7.67. The molecule has 26 heavy (non-hydrogen) atoms. The Hall–Kier alpha value is -2.06. The van der Waals surface area contributed by atoms with E-state index in [1.54, 1.807) is 16.4 Å². The molecular formula is C18H24N2O5S. The first-order valence-electron chi connectivity index (χ1n) is 8.72. The number of nitrogens with zero attached hydrogens (tertiary/aromatic N) is 1. The van der Waals surface area contributed by atoms with Crippen molar-refractivity contribution < 1.29 is 22.7 Å². The third-order valence-corrected chi connectivity index (χ3v) is 6.30. The van der Waals surface area contributed by atoms with Gasteiger partial charge in [0, 0.05) is 18.8 Å². The maximum Gasteiger partial charge on any atom is 0.294 e. The lowest BCUT2D eigenvalue weighted by Gasteiger charge is -2.34. The van der Waals surface area contributed by atoms with Crippen molar-refractivity contribution in [2.45, 2.75) is 25.2 Å². The molecule has 2 aliphatic heterocycles. The van der Waals surface area contributed by atoms with Gasteiger partial charge in [-0.15, -0.1) is 0 Å². The summed E-state index contributed by atoms with van der Waals surface area (Å²) in [6.45, 7) is 5.96. The van der Waals surface area contributed by atoms with Gasteiger partial charge in [-0.05, 0) is 42.5 Å². The molecule has 1 amide bonds. The molecule has 0 saturated carbocycles. The Morgan fingerprint density at radius 1 is 1.12 bits per heavy atom. The zero-order valence-electron chi connectivity index (χ0n) is 15.0. The summed E-state index contributed by atoms with van der Waals surface area (Å²) in [5.74, 6) is 0.361. The molecular weight excluding hydrogens is 356 g/mol. The van der Waals surface area contributed by atoms with Crippen molar-refractivity contribution in [3.05, 3.63) is 36.3 Å². The quantitative estimate of drug-likeness (QED) is 0.865. The van der Waals surface area contributed by atoms with Crippen molar-refractivity contribution in [1.82, 2.24) is 4.31 Å². The minimum Gasteiger partial charge on any atom is -0.494 e. The van der Waals surface area contributed by atoms with Crippen LogP contribution in [0.2, 0.25) is 0 Å². The lowest BCUT2D eigenvalue weighted by molar-refractivity contribution is -0.117. The summed E-state index contributed by atoms with van der Waals surface area (Å²) >= 11 is 0. The van der Waals surface area contributed by atoms with Crippen LogP contribution in [-0.4, -0.2) is 44.9 Å². The van der Waals surface area contributed by atoms with Crippen LogP contribution in [0.15, 0.2) is 41.2 Å². The molecule has 1 aromatic rings. The first kappa shape index (κ1) is 18.7. The predicted octanol–water partition coefficient (Wildman–Crippen LogP) is 2.18. The first-order valence-corrected chi connectivity index (χ1v) is 10.2. The Bertz CT molecular complexity index is 778. The van der Waals surface area contributed by atoms with Gasteiger partial charge >= 0.3 is 0 Å². The number of hydrogen-bond donors (Lipinski definition) is 1. The monoisotopic (exact) mass is 380 g/mol. The number of ether oxygens (including phenoxy) is 2. The number of benzene rings is 1. The lowest BCUT2D eigenvalue weighted by atomic mass is 9.94. The average molecular weight is 380 g/mol. The Morgan fingerprint density at radius 3 is 2.35 bits per heavy atom. The summed E-state index contributed by atoms with van der Waals surface area (Å²) in [6, 6.07) is 6.18. The highest BCUT2D eigenvalue weighted by atomic mass is 32.2. The number of nitrogens with one attached hydrogen (secondary N) is 1. The molecule has 2 atom stereocenters. The maximum atomic E-state index is 12.9. The summed E-state index contributed by atoms with van der Waals surface area (Å²) in [5, 5.41) is 2.66. The van der Waals surface area contributed by atoms with Crippen LogP contribution in [0.5, 0.6) is 0 Å². The number of amides is 1. The number of hydrogen-bond acceptors (Lipinski definition) is 5. The minimum atomic E-state index is -3.53. The summed E-state index contributed by atoms with van der Waals surface area (Å²) in [4.78, 5) is 12.3.